The zero-order chi connectivity index (χ0) is 14.4. The van der Waals surface area contributed by atoms with Gasteiger partial charge in [0.05, 0.1) is 12.1 Å². The highest BCUT2D eigenvalue weighted by Crippen LogP contribution is 2.17. The highest BCUT2D eigenvalue weighted by Gasteiger charge is 2.11. The smallest absolute Gasteiger partial charge is 0.233 e. The van der Waals surface area contributed by atoms with E-state index in [-0.39, 0.29) is 12.3 Å². The molecule has 7 heteroatoms. The van der Waals surface area contributed by atoms with Gasteiger partial charge >= 0.3 is 0 Å². The van der Waals surface area contributed by atoms with Crippen LogP contribution in [0.25, 0.3) is 0 Å². The minimum atomic E-state index is -0.169. The normalized spacial score (nSPS) is 10.7. The van der Waals surface area contributed by atoms with Crippen LogP contribution in [0.1, 0.15) is 42.6 Å². The Bertz CT molecular complexity index is 564. The van der Waals surface area contributed by atoms with Crippen LogP contribution in [0.2, 0.25) is 0 Å². The summed E-state index contributed by atoms with van der Waals surface area (Å²) in [5.74, 6) is 0.380. The van der Waals surface area contributed by atoms with Gasteiger partial charge in [-0.2, -0.15) is 0 Å². The van der Waals surface area contributed by atoms with Crippen LogP contribution in [0.5, 0.6) is 0 Å². The molecule has 0 aliphatic carbocycles. The van der Waals surface area contributed by atoms with Gasteiger partial charge in [-0.3, -0.25) is 4.79 Å². The zero-order valence-electron chi connectivity index (χ0n) is 11.7. The quantitative estimate of drug-likeness (QED) is 0.794. The van der Waals surface area contributed by atoms with E-state index in [1.54, 1.807) is 6.07 Å². The molecule has 0 bridgehead atoms. The Balaban J connectivity index is 1.82. The first-order valence-electron chi connectivity index (χ1n) is 6.72. The minimum absolute atomic E-state index is 0.158. The van der Waals surface area contributed by atoms with Crippen molar-refractivity contribution in [2.45, 2.75) is 46.0 Å². The van der Waals surface area contributed by atoms with E-state index >= 15 is 0 Å². The first-order valence-corrected chi connectivity index (χ1v) is 7.53. The van der Waals surface area contributed by atoms with Gasteiger partial charge in [0.2, 0.25) is 11.0 Å². The summed E-state index contributed by atoms with van der Waals surface area (Å²) in [5, 5.41) is 16.0. The van der Waals surface area contributed by atoms with Crippen molar-refractivity contribution < 1.29 is 9.32 Å². The van der Waals surface area contributed by atoms with Crippen LogP contribution in [0.3, 0.4) is 0 Å². The molecule has 2 heterocycles. The Hall–Kier alpha value is -1.76. The molecule has 0 unspecified atom stereocenters. The summed E-state index contributed by atoms with van der Waals surface area (Å²) in [6.45, 7) is 3.98. The number of hydrogen-bond donors (Lipinski definition) is 1. The molecule has 0 aliphatic rings. The molecule has 2 aromatic heterocycles. The summed E-state index contributed by atoms with van der Waals surface area (Å²) in [6.07, 6.45) is 4.55. The highest BCUT2D eigenvalue weighted by molar-refractivity contribution is 7.15. The second-order valence-corrected chi connectivity index (χ2v) is 5.68. The molecular formula is C13H18N4O2S. The van der Waals surface area contributed by atoms with Crippen LogP contribution in [0.15, 0.2) is 10.6 Å². The molecule has 0 fully saturated rings. The monoisotopic (exact) mass is 294 g/mol. The second-order valence-electron chi connectivity index (χ2n) is 4.62. The van der Waals surface area contributed by atoms with Crippen molar-refractivity contribution in [1.82, 2.24) is 15.4 Å². The molecule has 20 heavy (non-hydrogen) atoms. The van der Waals surface area contributed by atoms with E-state index in [1.165, 1.54) is 24.2 Å². The van der Waals surface area contributed by atoms with E-state index in [4.69, 9.17) is 4.52 Å². The lowest BCUT2D eigenvalue weighted by Crippen LogP contribution is -2.13. The standard InChI is InChI=1S/C13H18N4O2S/c1-3-4-5-6-12-15-16-13(20-12)14-11(18)8-10-7-9(2)17-19-10/h7H,3-6,8H2,1-2H3,(H,14,16,18). The number of hydrogen-bond acceptors (Lipinski definition) is 6. The van der Waals surface area contributed by atoms with Crippen LogP contribution in [-0.4, -0.2) is 21.3 Å². The third kappa shape index (κ3) is 4.41. The Morgan fingerprint density at radius 1 is 1.40 bits per heavy atom. The Morgan fingerprint density at radius 3 is 2.95 bits per heavy atom. The van der Waals surface area contributed by atoms with Gasteiger partial charge in [0.15, 0.2) is 0 Å². The number of aryl methyl sites for hydroxylation is 2. The Labute approximate surface area is 121 Å². The number of anilines is 1. The van der Waals surface area contributed by atoms with Crippen molar-refractivity contribution >= 4 is 22.4 Å². The van der Waals surface area contributed by atoms with Crippen molar-refractivity contribution in [2.75, 3.05) is 5.32 Å². The topological polar surface area (TPSA) is 80.9 Å². The molecule has 2 aromatic rings. The van der Waals surface area contributed by atoms with E-state index in [0.29, 0.717) is 10.9 Å². The fraction of sp³-hybridized carbons (Fsp3) is 0.538. The molecule has 0 radical (unpaired) electrons. The predicted octanol–water partition coefficient (Wildman–Crippen LogP) is 2.75. The SMILES string of the molecule is CCCCCc1nnc(NC(=O)Cc2cc(C)no2)s1. The molecule has 0 atom stereocenters. The van der Waals surface area contributed by atoms with Crippen LogP contribution in [0, 0.1) is 6.92 Å². The maximum absolute atomic E-state index is 11.8. The second kappa shape index (κ2) is 7.14. The third-order valence-corrected chi connectivity index (χ3v) is 3.62. The molecule has 0 saturated carbocycles. The highest BCUT2D eigenvalue weighted by atomic mass is 32.1. The molecule has 1 amide bonds. The lowest BCUT2D eigenvalue weighted by Gasteiger charge is -1.97. The molecule has 0 spiro atoms. The van der Waals surface area contributed by atoms with Gasteiger partial charge in [-0.15, -0.1) is 10.2 Å². The fourth-order valence-electron chi connectivity index (χ4n) is 1.75. The average Bonchev–Trinajstić information content (AvgIpc) is 2.99. The third-order valence-electron chi connectivity index (χ3n) is 2.72. The summed E-state index contributed by atoms with van der Waals surface area (Å²) in [6, 6.07) is 1.75. The van der Waals surface area contributed by atoms with Gasteiger partial charge in [-0.25, -0.2) is 0 Å². The molecule has 108 valence electrons. The van der Waals surface area contributed by atoms with Crippen LogP contribution in [-0.2, 0) is 17.6 Å². The molecule has 0 saturated heterocycles. The fourth-order valence-corrected chi connectivity index (χ4v) is 2.55. The first kappa shape index (κ1) is 14.6. The molecule has 1 N–H and O–H groups in total. The van der Waals surface area contributed by atoms with E-state index in [2.05, 4.69) is 27.6 Å². The molecule has 2 rings (SSSR count). The number of carbonyl (C=O) groups excluding carboxylic acids is 1. The van der Waals surface area contributed by atoms with Crippen molar-refractivity contribution in [3.8, 4) is 0 Å². The van der Waals surface area contributed by atoms with Crippen LogP contribution >= 0.6 is 11.3 Å². The molecule has 0 aliphatic heterocycles. The van der Waals surface area contributed by atoms with Gasteiger partial charge in [0.1, 0.15) is 10.8 Å². The van der Waals surface area contributed by atoms with Gasteiger partial charge < -0.3 is 9.84 Å². The number of aromatic nitrogens is 3. The molecule has 6 nitrogen and oxygen atoms in total. The maximum atomic E-state index is 11.8. The van der Waals surface area contributed by atoms with Crippen molar-refractivity contribution in [1.29, 1.82) is 0 Å². The zero-order valence-corrected chi connectivity index (χ0v) is 12.5. The van der Waals surface area contributed by atoms with E-state index in [1.807, 2.05) is 6.92 Å². The summed E-state index contributed by atoms with van der Waals surface area (Å²) < 4.78 is 5.00. The first-order chi connectivity index (χ1) is 9.67. The number of rotatable bonds is 7. The summed E-state index contributed by atoms with van der Waals surface area (Å²) >= 11 is 1.43. The number of nitrogens with one attached hydrogen (secondary N) is 1. The number of amides is 1. The van der Waals surface area contributed by atoms with E-state index in [9.17, 15) is 4.79 Å². The Kier molecular flexibility index (Phi) is 5.23. The van der Waals surface area contributed by atoms with Crippen molar-refractivity contribution in [3.63, 3.8) is 0 Å². The van der Waals surface area contributed by atoms with Gasteiger partial charge in [0.25, 0.3) is 0 Å². The predicted molar refractivity (Wildman–Crippen MR) is 76.7 cm³/mol. The van der Waals surface area contributed by atoms with Crippen LogP contribution < -0.4 is 5.32 Å². The van der Waals surface area contributed by atoms with E-state index < -0.39 is 0 Å². The van der Waals surface area contributed by atoms with Crippen molar-refractivity contribution in [2.24, 2.45) is 0 Å². The lowest BCUT2D eigenvalue weighted by molar-refractivity contribution is -0.115. The average molecular weight is 294 g/mol. The summed E-state index contributed by atoms with van der Waals surface area (Å²) in [4.78, 5) is 11.8. The summed E-state index contributed by atoms with van der Waals surface area (Å²) in [7, 11) is 0. The lowest BCUT2D eigenvalue weighted by atomic mass is 10.2. The Morgan fingerprint density at radius 2 is 2.25 bits per heavy atom. The maximum Gasteiger partial charge on any atom is 0.233 e. The van der Waals surface area contributed by atoms with Gasteiger partial charge in [0, 0.05) is 12.5 Å². The number of nitrogens with zero attached hydrogens (tertiary/aromatic N) is 3. The summed E-state index contributed by atoms with van der Waals surface area (Å²) in [5.41, 5.74) is 0.766. The van der Waals surface area contributed by atoms with Gasteiger partial charge in [-0.05, 0) is 13.3 Å². The van der Waals surface area contributed by atoms with Crippen LogP contribution in [0.4, 0.5) is 5.13 Å². The minimum Gasteiger partial charge on any atom is -0.361 e. The molecule has 0 aromatic carbocycles. The van der Waals surface area contributed by atoms with Gasteiger partial charge in [-0.1, -0.05) is 36.3 Å². The number of unbranched alkanes of at least 4 members (excludes halogenated alkanes) is 2. The van der Waals surface area contributed by atoms with Crippen molar-refractivity contribution in [3.05, 3.63) is 22.5 Å². The largest absolute Gasteiger partial charge is 0.361 e. The number of carbonyl (C=O) groups is 1. The van der Waals surface area contributed by atoms with E-state index in [0.717, 1.165) is 23.5 Å². The molecular weight excluding hydrogens is 276 g/mol.